The largest absolute Gasteiger partial charge is 0.335 e. The Morgan fingerprint density at radius 3 is 2.35 bits per heavy atom. The first-order chi connectivity index (χ1) is 15.1. The van der Waals surface area contributed by atoms with E-state index in [0.29, 0.717) is 31.1 Å². The van der Waals surface area contributed by atoms with Crippen molar-refractivity contribution in [1.29, 1.82) is 0 Å². The van der Waals surface area contributed by atoms with E-state index in [0.717, 1.165) is 36.5 Å². The van der Waals surface area contributed by atoms with Gasteiger partial charge in [0.2, 0.25) is 11.8 Å². The Morgan fingerprint density at radius 1 is 0.903 bits per heavy atom. The van der Waals surface area contributed by atoms with Crippen molar-refractivity contribution in [2.75, 3.05) is 42.9 Å². The molecular weight excluding hydrogens is 412 g/mol. The van der Waals surface area contributed by atoms with Crippen molar-refractivity contribution in [1.82, 2.24) is 9.80 Å². The molecule has 3 heterocycles. The van der Waals surface area contributed by atoms with Crippen LogP contribution in [0.4, 0.5) is 10.7 Å². The summed E-state index contributed by atoms with van der Waals surface area (Å²) in [6, 6.07) is 13.3. The summed E-state index contributed by atoms with van der Waals surface area (Å²) in [6.07, 6.45) is 2.73. The van der Waals surface area contributed by atoms with Crippen LogP contribution in [0.5, 0.6) is 0 Å². The molecule has 8 heteroatoms. The van der Waals surface area contributed by atoms with E-state index in [1.165, 1.54) is 11.3 Å². The van der Waals surface area contributed by atoms with Crippen LogP contribution in [0.1, 0.15) is 28.9 Å². The highest BCUT2D eigenvalue weighted by atomic mass is 32.1. The molecule has 1 N–H and O–H groups in total. The van der Waals surface area contributed by atoms with Crippen LogP contribution in [-0.4, -0.2) is 66.3 Å². The number of hydrogen-bond donors (Lipinski definition) is 1. The van der Waals surface area contributed by atoms with Crippen LogP contribution >= 0.6 is 11.3 Å². The third kappa shape index (κ3) is 4.22. The van der Waals surface area contributed by atoms with Gasteiger partial charge in [-0.05, 0) is 43.5 Å². The molecule has 3 fully saturated rings. The number of anilines is 2. The van der Waals surface area contributed by atoms with Crippen LogP contribution in [0, 0.1) is 5.92 Å². The van der Waals surface area contributed by atoms with E-state index in [1.54, 1.807) is 6.07 Å². The van der Waals surface area contributed by atoms with Crippen molar-refractivity contribution < 1.29 is 14.4 Å². The average Bonchev–Trinajstić information content (AvgIpc) is 3.44. The van der Waals surface area contributed by atoms with Crippen molar-refractivity contribution >= 4 is 39.7 Å². The summed E-state index contributed by atoms with van der Waals surface area (Å²) in [4.78, 5) is 44.4. The topological polar surface area (TPSA) is 73.0 Å². The molecule has 7 nitrogen and oxygen atoms in total. The molecule has 3 aliphatic rings. The molecule has 1 aliphatic carbocycles. The van der Waals surface area contributed by atoms with Crippen LogP contribution < -0.4 is 10.2 Å². The molecule has 1 saturated carbocycles. The summed E-state index contributed by atoms with van der Waals surface area (Å²) in [5.41, 5.74) is 0.950. The summed E-state index contributed by atoms with van der Waals surface area (Å²) in [5, 5.41) is 3.64. The van der Waals surface area contributed by atoms with Crippen LogP contribution in [0.15, 0.2) is 42.5 Å². The number of carbonyl (C=O) groups is 3. The molecule has 1 aromatic heterocycles. The maximum Gasteiger partial charge on any atom is 0.264 e. The minimum absolute atomic E-state index is 0.000214. The minimum atomic E-state index is -0.108. The first kappa shape index (κ1) is 20.2. The van der Waals surface area contributed by atoms with Crippen LogP contribution in [0.3, 0.4) is 0 Å². The monoisotopic (exact) mass is 438 g/mol. The summed E-state index contributed by atoms with van der Waals surface area (Å²) in [5.74, 6) is 0.353. The van der Waals surface area contributed by atoms with Crippen molar-refractivity contribution in [3.8, 4) is 0 Å². The molecule has 0 spiro atoms. The number of para-hydroxylation sites is 1. The highest BCUT2D eigenvalue weighted by molar-refractivity contribution is 7.18. The van der Waals surface area contributed by atoms with E-state index < -0.39 is 0 Å². The maximum atomic E-state index is 13.0. The molecule has 0 bridgehead atoms. The van der Waals surface area contributed by atoms with Gasteiger partial charge in [-0.15, -0.1) is 11.3 Å². The number of thiophene rings is 1. The van der Waals surface area contributed by atoms with Gasteiger partial charge < -0.3 is 15.1 Å². The highest BCUT2D eigenvalue weighted by Gasteiger charge is 2.38. The van der Waals surface area contributed by atoms with Crippen molar-refractivity contribution in [3.05, 3.63) is 47.3 Å². The molecule has 2 aliphatic heterocycles. The standard InChI is InChI=1S/C23H26N4O3S/c28-21(16-6-7-16)24-20-9-8-19(31-20)23(30)26-14-12-25(13-15-26)18-10-11-27(22(18)29)17-4-2-1-3-5-17/h1-5,8-9,16,18H,6-7,10-15H2,(H,24,28). The van der Waals surface area contributed by atoms with Crippen LogP contribution in [0.25, 0.3) is 0 Å². The SMILES string of the molecule is O=C(Nc1ccc(C(=O)N2CCN(C3CCN(c4ccccc4)C3=O)CC2)s1)C1CC1. The smallest absolute Gasteiger partial charge is 0.264 e. The summed E-state index contributed by atoms with van der Waals surface area (Å²) < 4.78 is 0. The molecule has 31 heavy (non-hydrogen) atoms. The van der Waals surface area contributed by atoms with Gasteiger partial charge in [-0.3, -0.25) is 19.3 Å². The quantitative estimate of drug-likeness (QED) is 0.779. The Hall–Kier alpha value is -2.71. The van der Waals surface area contributed by atoms with E-state index in [4.69, 9.17) is 0 Å². The number of hydrogen-bond acceptors (Lipinski definition) is 5. The summed E-state index contributed by atoms with van der Waals surface area (Å²) >= 11 is 1.34. The number of piperazine rings is 1. The van der Waals surface area contributed by atoms with E-state index in [2.05, 4.69) is 10.2 Å². The van der Waals surface area contributed by atoms with Gasteiger partial charge in [0.25, 0.3) is 5.91 Å². The first-order valence-corrected chi connectivity index (χ1v) is 11.7. The Kier molecular flexibility index (Phi) is 5.50. The number of amides is 3. The van der Waals surface area contributed by atoms with Gasteiger partial charge in [0.15, 0.2) is 0 Å². The minimum Gasteiger partial charge on any atom is -0.335 e. The molecule has 2 aromatic rings. The Bertz CT molecular complexity index is 980. The molecule has 3 amide bonds. The number of nitrogens with zero attached hydrogens (tertiary/aromatic N) is 3. The lowest BCUT2D eigenvalue weighted by Gasteiger charge is -2.37. The lowest BCUT2D eigenvalue weighted by molar-refractivity contribution is -0.122. The van der Waals surface area contributed by atoms with Crippen LogP contribution in [0.2, 0.25) is 0 Å². The maximum absolute atomic E-state index is 13.0. The van der Waals surface area contributed by atoms with Gasteiger partial charge in [0.1, 0.15) is 0 Å². The number of nitrogens with one attached hydrogen (secondary N) is 1. The fourth-order valence-corrected chi connectivity index (χ4v) is 5.23. The molecular formula is C23H26N4O3S. The molecule has 1 unspecified atom stereocenters. The van der Waals surface area contributed by atoms with Gasteiger partial charge >= 0.3 is 0 Å². The van der Waals surface area contributed by atoms with Crippen LogP contribution in [-0.2, 0) is 9.59 Å². The van der Waals surface area contributed by atoms with Gasteiger partial charge in [0, 0.05) is 44.3 Å². The zero-order valence-corrected chi connectivity index (χ0v) is 18.1. The fourth-order valence-electron chi connectivity index (χ4n) is 4.35. The average molecular weight is 439 g/mol. The van der Waals surface area contributed by atoms with Crippen molar-refractivity contribution in [3.63, 3.8) is 0 Å². The molecule has 2 saturated heterocycles. The Labute approximate surface area is 185 Å². The predicted octanol–water partition coefficient (Wildman–Crippen LogP) is 2.66. The normalized spacial score (nSPS) is 22.1. The van der Waals surface area contributed by atoms with Gasteiger partial charge in [-0.1, -0.05) is 18.2 Å². The Morgan fingerprint density at radius 2 is 1.65 bits per heavy atom. The predicted molar refractivity (Wildman–Crippen MR) is 120 cm³/mol. The molecule has 1 atom stereocenters. The van der Waals surface area contributed by atoms with Crippen molar-refractivity contribution in [2.45, 2.75) is 25.3 Å². The molecule has 0 radical (unpaired) electrons. The Balaban J connectivity index is 1.15. The molecule has 162 valence electrons. The molecule has 1 aromatic carbocycles. The lowest BCUT2D eigenvalue weighted by atomic mass is 10.1. The number of rotatable bonds is 5. The van der Waals surface area contributed by atoms with E-state index >= 15 is 0 Å². The second kappa shape index (κ2) is 8.43. The van der Waals surface area contributed by atoms with Gasteiger partial charge in [-0.25, -0.2) is 0 Å². The van der Waals surface area contributed by atoms with E-state index in [1.807, 2.05) is 46.2 Å². The molecule has 5 rings (SSSR count). The van der Waals surface area contributed by atoms with Gasteiger partial charge in [-0.2, -0.15) is 0 Å². The van der Waals surface area contributed by atoms with Gasteiger partial charge in [0.05, 0.1) is 15.9 Å². The zero-order valence-electron chi connectivity index (χ0n) is 17.3. The third-order valence-corrected chi connectivity index (χ3v) is 7.29. The first-order valence-electron chi connectivity index (χ1n) is 10.9. The zero-order chi connectivity index (χ0) is 21.4. The van der Waals surface area contributed by atoms with E-state index in [-0.39, 0.29) is 29.7 Å². The number of benzene rings is 1. The second-order valence-electron chi connectivity index (χ2n) is 8.39. The van der Waals surface area contributed by atoms with E-state index in [9.17, 15) is 14.4 Å². The summed E-state index contributed by atoms with van der Waals surface area (Å²) in [6.45, 7) is 3.34. The number of carbonyl (C=O) groups excluding carboxylic acids is 3. The van der Waals surface area contributed by atoms with Crippen molar-refractivity contribution in [2.24, 2.45) is 5.92 Å². The summed E-state index contributed by atoms with van der Waals surface area (Å²) in [7, 11) is 0. The lowest BCUT2D eigenvalue weighted by Crippen LogP contribution is -2.53. The third-order valence-electron chi connectivity index (χ3n) is 6.30. The second-order valence-corrected chi connectivity index (χ2v) is 9.47. The fraction of sp³-hybridized carbons (Fsp3) is 0.435. The highest BCUT2D eigenvalue weighted by Crippen LogP contribution is 2.32.